The quantitative estimate of drug-likeness (QED) is 0.342. The van der Waals surface area contributed by atoms with Crippen molar-refractivity contribution < 1.29 is 28.7 Å². The molecule has 1 aromatic carbocycles. The van der Waals surface area contributed by atoms with Crippen LogP contribution in [0.5, 0.6) is 5.75 Å². The lowest BCUT2D eigenvalue weighted by Crippen LogP contribution is -2.37. The third-order valence-corrected chi connectivity index (χ3v) is 7.77. The Morgan fingerprint density at radius 1 is 1.10 bits per heavy atom. The fraction of sp³-hybridized carbons (Fsp3) is 0.474. The average molecular weight is 532 g/mol. The molecule has 2 fully saturated rings. The molecule has 2 aliphatic rings. The molecule has 1 saturated heterocycles. The summed E-state index contributed by atoms with van der Waals surface area (Å²) in [5.74, 6) is -2.48. The van der Waals surface area contributed by atoms with Gasteiger partial charge in [-0.25, -0.2) is 0 Å². The second-order valence-corrected chi connectivity index (χ2v) is 9.24. The zero-order valence-corrected chi connectivity index (χ0v) is 18.8. The van der Waals surface area contributed by atoms with Crippen LogP contribution >= 0.6 is 31.9 Å². The first-order chi connectivity index (χ1) is 13.8. The van der Waals surface area contributed by atoms with Crippen molar-refractivity contribution in [3.8, 4) is 5.75 Å². The summed E-state index contributed by atoms with van der Waals surface area (Å²) < 4.78 is 10.1. The number of esters is 1. The van der Waals surface area contributed by atoms with Gasteiger partial charge >= 0.3 is 5.97 Å². The van der Waals surface area contributed by atoms with Crippen LogP contribution in [-0.2, 0) is 23.9 Å². The van der Waals surface area contributed by atoms with Crippen LogP contribution in [0.2, 0.25) is 0 Å². The normalized spacial score (nSPS) is 26.1. The summed E-state index contributed by atoms with van der Waals surface area (Å²) in [7, 11) is 1.47. The standard InChI is InChI=1S/C19H20Br2N2O6/c1-28-15-5-3-2-4-14(15)22-16(24)9-29-17(25)8-23-18(26)10-6-12(20)13(21)7-11(10)19(23)27/h2-5,10-13H,6-9H2,1H3,(H,22,24)/t10-,11+,12+,13-. The molecule has 3 amide bonds. The topological polar surface area (TPSA) is 102 Å². The number of nitrogens with one attached hydrogen (secondary N) is 1. The highest BCUT2D eigenvalue weighted by molar-refractivity contribution is 9.12. The Bertz CT molecular complexity index is 805. The predicted molar refractivity (Wildman–Crippen MR) is 111 cm³/mol. The SMILES string of the molecule is COc1ccccc1NC(=O)COC(=O)CN1C(=O)[C@H]2C[C@@H](Br)[C@@H](Br)C[C@H]2C1=O. The Morgan fingerprint density at radius 3 is 2.28 bits per heavy atom. The number of nitrogens with zero attached hydrogens (tertiary/aromatic N) is 1. The van der Waals surface area contributed by atoms with E-state index < -0.39 is 36.9 Å². The van der Waals surface area contributed by atoms with Gasteiger partial charge in [0, 0.05) is 9.65 Å². The van der Waals surface area contributed by atoms with E-state index in [4.69, 9.17) is 9.47 Å². The highest BCUT2D eigenvalue weighted by Crippen LogP contribution is 2.43. The lowest BCUT2D eigenvalue weighted by Gasteiger charge is -2.29. The molecule has 1 aliphatic heterocycles. The summed E-state index contributed by atoms with van der Waals surface area (Å²) in [5.41, 5.74) is 0.443. The summed E-state index contributed by atoms with van der Waals surface area (Å²) >= 11 is 7.03. The van der Waals surface area contributed by atoms with Crippen molar-refractivity contribution in [1.29, 1.82) is 0 Å². The first-order valence-electron chi connectivity index (χ1n) is 9.03. The van der Waals surface area contributed by atoms with Gasteiger partial charge in [-0.3, -0.25) is 24.1 Å². The van der Waals surface area contributed by atoms with Crippen LogP contribution in [0.1, 0.15) is 12.8 Å². The number of imide groups is 1. The Balaban J connectivity index is 1.52. The number of hydrogen-bond acceptors (Lipinski definition) is 6. The molecule has 156 valence electrons. The van der Waals surface area contributed by atoms with Crippen LogP contribution in [0.25, 0.3) is 0 Å². The highest BCUT2D eigenvalue weighted by Gasteiger charge is 2.52. The van der Waals surface area contributed by atoms with Crippen LogP contribution in [0, 0.1) is 11.8 Å². The van der Waals surface area contributed by atoms with Gasteiger partial charge in [-0.1, -0.05) is 44.0 Å². The maximum absolute atomic E-state index is 12.6. The second kappa shape index (κ2) is 9.25. The van der Waals surface area contributed by atoms with E-state index in [-0.39, 0.29) is 21.5 Å². The number of para-hydroxylation sites is 2. The largest absolute Gasteiger partial charge is 0.495 e. The number of amides is 3. The fourth-order valence-electron chi connectivity index (χ4n) is 3.57. The summed E-state index contributed by atoms with van der Waals surface area (Å²) in [6, 6.07) is 6.81. The summed E-state index contributed by atoms with van der Waals surface area (Å²) in [6.45, 7) is -1.03. The monoisotopic (exact) mass is 530 g/mol. The van der Waals surface area contributed by atoms with E-state index in [9.17, 15) is 19.2 Å². The van der Waals surface area contributed by atoms with Crippen molar-refractivity contribution >= 4 is 61.2 Å². The molecular formula is C19H20Br2N2O6. The minimum atomic E-state index is -0.814. The molecule has 3 rings (SSSR count). The van der Waals surface area contributed by atoms with Gasteiger partial charge in [0.2, 0.25) is 11.8 Å². The van der Waals surface area contributed by atoms with Crippen LogP contribution in [0.3, 0.4) is 0 Å². The van der Waals surface area contributed by atoms with E-state index in [1.807, 2.05) is 0 Å². The van der Waals surface area contributed by atoms with Gasteiger partial charge in [-0.05, 0) is 25.0 Å². The van der Waals surface area contributed by atoms with E-state index in [0.29, 0.717) is 24.3 Å². The minimum Gasteiger partial charge on any atom is -0.495 e. The number of halogens is 2. The van der Waals surface area contributed by atoms with Crippen molar-refractivity contribution in [3.05, 3.63) is 24.3 Å². The number of likely N-dealkylation sites (tertiary alicyclic amines) is 1. The Kier molecular flexibility index (Phi) is 6.94. The molecule has 1 heterocycles. The predicted octanol–water partition coefficient (Wildman–Crippen LogP) is 2.10. The van der Waals surface area contributed by atoms with Crippen molar-refractivity contribution in [2.24, 2.45) is 11.8 Å². The van der Waals surface area contributed by atoms with Crippen molar-refractivity contribution in [2.75, 3.05) is 25.6 Å². The van der Waals surface area contributed by atoms with Crippen molar-refractivity contribution in [3.63, 3.8) is 0 Å². The Morgan fingerprint density at radius 2 is 1.69 bits per heavy atom. The van der Waals surface area contributed by atoms with Gasteiger partial charge in [0.15, 0.2) is 6.61 Å². The third-order valence-electron chi connectivity index (χ3n) is 5.04. The number of fused-ring (bicyclic) bond motifs is 1. The molecule has 0 spiro atoms. The number of carbonyl (C=O) groups is 4. The molecular weight excluding hydrogens is 512 g/mol. The van der Waals surface area contributed by atoms with Gasteiger partial charge in [-0.2, -0.15) is 0 Å². The molecule has 1 saturated carbocycles. The van der Waals surface area contributed by atoms with E-state index in [1.165, 1.54) is 7.11 Å². The van der Waals surface area contributed by atoms with Gasteiger partial charge < -0.3 is 14.8 Å². The highest BCUT2D eigenvalue weighted by atomic mass is 79.9. The van der Waals surface area contributed by atoms with Crippen LogP contribution in [0.15, 0.2) is 24.3 Å². The van der Waals surface area contributed by atoms with E-state index in [0.717, 1.165) is 4.90 Å². The van der Waals surface area contributed by atoms with Gasteiger partial charge in [0.05, 0.1) is 24.6 Å². The Labute approximate surface area is 184 Å². The third kappa shape index (κ3) is 4.80. The number of rotatable bonds is 6. The maximum atomic E-state index is 12.6. The zero-order chi connectivity index (χ0) is 21.1. The molecule has 0 radical (unpaired) electrons. The number of ether oxygens (including phenoxy) is 2. The number of hydrogen-bond donors (Lipinski definition) is 1. The molecule has 10 heteroatoms. The molecule has 1 aromatic rings. The second-order valence-electron chi connectivity index (χ2n) is 6.89. The fourth-order valence-corrected chi connectivity index (χ4v) is 4.81. The molecule has 8 nitrogen and oxygen atoms in total. The number of methoxy groups -OCH3 is 1. The van der Waals surface area contributed by atoms with Gasteiger partial charge in [-0.15, -0.1) is 0 Å². The number of alkyl halides is 2. The zero-order valence-electron chi connectivity index (χ0n) is 15.6. The van der Waals surface area contributed by atoms with Crippen molar-refractivity contribution in [1.82, 2.24) is 4.90 Å². The summed E-state index contributed by atoms with van der Waals surface area (Å²) in [6.07, 6.45) is 1.05. The first-order valence-corrected chi connectivity index (χ1v) is 10.9. The van der Waals surface area contributed by atoms with Crippen molar-refractivity contribution in [2.45, 2.75) is 22.5 Å². The molecule has 1 N–H and O–H groups in total. The van der Waals surface area contributed by atoms with Gasteiger partial charge in [0.1, 0.15) is 12.3 Å². The number of carbonyl (C=O) groups excluding carboxylic acids is 4. The van der Waals surface area contributed by atoms with Crippen LogP contribution < -0.4 is 10.1 Å². The maximum Gasteiger partial charge on any atom is 0.326 e. The number of benzene rings is 1. The summed E-state index contributed by atoms with van der Waals surface area (Å²) in [4.78, 5) is 50.4. The average Bonchev–Trinajstić information content (AvgIpc) is 2.91. The summed E-state index contributed by atoms with van der Waals surface area (Å²) in [5, 5.41) is 2.58. The molecule has 1 aliphatic carbocycles. The van der Waals surface area contributed by atoms with Crippen LogP contribution in [-0.4, -0.2) is 58.5 Å². The first kappa shape index (κ1) is 21.8. The van der Waals surface area contributed by atoms with Gasteiger partial charge in [0.25, 0.3) is 5.91 Å². The minimum absolute atomic E-state index is 0.0890. The van der Waals surface area contributed by atoms with E-state index in [1.54, 1.807) is 24.3 Å². The molecule has 0 aromatic heterocycles. The molecule has 0 bridgehead atoms. The Hall–Kier alpha value is -1.94. The molecule has 4 atom stereocenters. The van der Waals surface area contributed by atoms with E-state index in [2.05, 4.69) is 37.2 Å². The smallest absolute Gasteiger partial charge is 0.326 e. The molecule has 0 unspecified atom stereocenters. The van der Waals surface area contributed by atoms with E-state index >= 15 is 0 Å². The van der Waals surface area contributed by atoms with Crippen LogP contribution in [0.4, 0.5) is 5.69 Å². The molecule has 29 heavy (non-hydrogen) atoms. The number of anilines is 1. The lowest BCUT2D eigenvalue weighted by atomic mass is 9.81. The lowest BCUT2D eigenvalue weighted by molar-refractivity contribution is -0.154.